The molecule has 0 fully saturated rings. The van der Waals surface area contributed by atoms with Crippen LogP contribution in [0.1, 0.15) is 57.4 Å². The van der Waals surface area contributed by atoms with Crippen LogP contribution in [0.25, 0.3) is 11.0 Å². The number of hydrogen-bond acceptors (Lipinski definition) is 2. The second-order valence-corrected chi connectivity index (χ2v) is 5.99. The van der Waals surface area contributed by atoms with Crippen molar-refractivity contribution in [1.82, 2.24) is 5.32 Å². The van der Waals surface area contributed by atoms with Gasteiger partial charge in [0.2, 0.25) is 0 Å². The lowest BCUT2D eigenvalue weighted by Crippen LogP contribution is -2.24. The summed E-state index contributed by atoms with van der Waals surface area (Å²) in [5.74, 6) is 1.38. The highest BCUT2D eigenvalue weighted by Gasteiger charge is 2.21. The molecule has 0 bridgehead atoms. The van der Waals surface area contributed by atoms with E-state index in [1.807, 2.05) is 6.92 Å². The van der Waals surface area contributed by atoms with Gasteiger partial charge in [-0.2, -0.15) is 0 Å². The van der Waals surface area contributed by atoms with Gasteiger partial charge in [0.05, 0.1) is 6.04 Å². The number of nitrogens with one attached hydrogen (secondary N) is 1. The van der Waals surface area contributed by atoms with Crippen LogP contribution in [0.2, 0.25) is 0 Å². The monoisotopic (exact) mass is 291 g/mol. The molecule has 0 saturated carbocycles. The molecule has 1 aromatic carbocycles. The van der Waals surface area contributed by atoms with E-state index in [-0.39, 0.29) is 11.9 Å². The average molecular weight is 291 g/mol. The predicted molar refractivity (Wildman–Crippen MR) is 86.0 cm³/mol. The Kier molecular flexibility index (Phi) is 5.40. The number of benzene rings is 1. The third-order valence-corrected chi connectivity index (χ3v) is 4.23. The van der Waals surface area contributed by atoms with Crippen LogP contribution in [0, 0.1) is 18.7 Å². The fourth-order valence-electron chi connectivity index (χ4n) is 2.72. The molecule has 3 heteroatoms. The Balaban J connectivity index is 2.36. The lowest BCUT2D eigenvalue weighted by Gasteiger charge is -2.20. The summed E-state index contributed by atoms with van der Waals surface area (Å²) in [5.41, 5.74) is 1.83. The van der Waals surface area contributed by atoms with Crippen LogP contribution in [0.4, 0.5) is 4.39 Å². The van der Waals surface area contributed by atoms with Crippen LogP contribution in [0.3, 0.4) is 0 Å². The number of furan rings is 1. The summed E-state index contributed by atoms with van der Waals surface area (Å²) in [5, 5.41) is 4.47. The first-order chi connectivity index (χ1) is 10.1. The van der Waals surface area contributed by atoms with Gasteiger partial charge in [-0.05, 0) is 50.4 Å². The molecule has 21 heavy (non-hydrogen) atoms. The van der Waals surface area contributed by atoms with Gasteiger partial charge in [0.25, 0.3) is 0 Å². The summed E-state index contributed by atoms with van der Waals surface area (Å²) < 4.78 is 19.5. The van der Waals surface area contributed by atoms with Gasteiger partial charge in [-0.1, -0.05) is 27.2 Å². The lowest BCUT2D eigenvalue weighted by molar-refractivity contribution is 0.353. The smallest absolute Gasteiger partial charge is 0.134 e. The summed E-state index contributed by atoms with van der Waals surface area (Å²) in [4.78, 5) is 0. The van der Waals surface area contributed by atoms with Crippen molar-refractivity contribution in [2.75, 3.05) is 6.54 Å². The van der Waals surface area contributed by atoms with Gasteiger partial charge in [-0.3, -0.25) is 0 Å². The summed E-state index contributed by atoms with van der Waals surface area (Å²) in [6.45, 7) is 9.62. The topological polar surface area (TPSA) is 25.2 Å². The normalized spacial score (nSPS) is 14.5. The van der Waals surface area contributed by atoms with Crippen molar-refractivity contribution in [2.45, 2.75) is 53.0 Å². The van der Waals surface area contributed by atoms with E-state index in [0.717, 1.165) is 48.1 Å². The number of rotatable bonds is 7. The highest BCUT2D eigenvalue weighted by atomic mass is 19.1. The van der Waals surface area contributed by atoms with E-state index in [1.165, 1.54) is 6.07 Å². The van der Waals surface area contributed by atoms with Crippen LogP contribution in [0.15, 0.2) is 22.6 Å². The standard InChI is InChI=1S/C18H26FNO/c1-5-9-20-16(10-12(3)6-2)18-13(4)15-11-14(19)7-8-17(15)21-18/h7-8,11-12,16,20H,5-6,9-10H2,1-4H3. The highest BCUT2D eigenvalue weighted by molar-refractivity contribution is 5.82. The minimum Gasteiger partial charge on any atom is -0.459 e. The fourth-order valence-corrected chi connectivity index (χ4v) is 2.72. The Morgan fingerprint density at radius 1 is 1.29 bits per heavy atom. The summed E-state index contributed by atoms with van der Waals surface area (Å²) >= 11 is 0. The second-order valence-electron chi connectivity index (χ2n) is 5.99. The van der Waals surface area contributed by atoms with E-state index in [0.29, 0.717) is 5.92 Å². The maximum Gasteiger partial charge on any atom is 0.134 e. The van der Waals surface area contributed by atoms with Crippen LogP contribution >= 0.6 is 0 Å². The molecule has 2 rings (SSSR count). The van der Waals surface area contributed by atoms with Gasteiger partial charge in [0.1, 0.15) is 17.2 Å². The molecule has 2 nitrogen and oxygen atoms in total. The average Bonchev–Trinajstić information content (AvgIpc) is 2.80. The zero-order chi connectivity index (χ0) is 15.4. The first-order valence-corrected chi connectivity index (χ1v) is 7.98. The van der Waals surface area contributed by atoms with Crippen molar-refractivity contribution >= 4 is 11.0 Å². The van der Waals surface area contributed by atoms with E-state index >= 15 is 0 Å². The van der Waals surface area contributed by atoms with Gasteiger partial charge in [-0.15, -0.1) is 0 Å². The molecule has 0 saturated heterocycles. The molecule has 0 aliphatic heterocycles. The Morgan fingerprint density at radius 3 is 2.71 bits per heavy atom. The molecule has 0 aliphatic carbocycles. The Hall–Kier alpha value is -1.35. The van der Waals surface area contributed by atoms with Gasteiger partial charge < -0.3 is 9.73 Å². The third-order valence-electron chi connectivity index (χ3n) is 4.23. The second kappa shape index (κ2) is 7.08. The summed E-state index contributed by atoms with van der Waals surface area (Å²) in [6.07, 6.45) is 3.28. The molecule has 0 spiro atoms. The molecular formula is C18H26FNO. The minimum absolute atomic E-state index is 0.204. The maximum absolute atomic E-state index is 13.4. The van der Waals surface area contributed by atoms with Crippen molar-refractivity contribution < 1.29 is 8.81 Å². The minimum atomic E-state index is -0.210. The first-order valence-electron chi connectivity index (χ1n) is 7.98. The molecule has 116 valence electrons. The van der Waals surface area contributed by atoms with E-state index in [9.17, 15) is 4.39 Å². The molecule has 0 radical (unpaired) electrons. The van der Waals surface area contributed by atoms with Crippen LogP contribution < -0.4 is 5.32 Å². The fraction of sp³-hybridized carbons (Fsp3) is 0.556. The molecule has 0 aliphatic rings. The van der Waals surface area contributed by atoms with E-state index in [2.05, 4.69) is 26.1 Å². The number of halogens is 1. The SMILES string of the molecule is CCCNC(CC(C)CC)c1oc2ccc(F)cc2c1C. The number of aryl methyl sites for hydroxylation is 1. The molecule has 1 heterocycles. The Bertz CT molecular complexity index is 590. The largest absolute Gasteiger partial charge is 0.459 e. The molecular weight excluding hydrogens is 265 g/mol. The molecule has 2 aromatic rings. The van der Waals surface area contributed by atoms with Crippen LogP contribution in [-0.2, 0) is 0 Å². The van der Waals surface area contributed by atoms with Crippen LogP contribution in [0.5, 0.6) is 0 Å². The van der Waals surface area contributed by atoms with E-state index in [1.54, 1.807) is 12.1 Å². The van der Waals surface area contributed by atoms with Gasteiger partial charge in [0.15, 0.2) is 0 Å². The quantitative estimate of drug-likeness (QED) is 0.743. The molecule has 1 aromatic heterocycles. The van der Waals surface area contributed by atoms with E-state index < -0.39 is 0 Å². The van der Waals surface area contributed by atoms with Crippen molar-refractivity contribution in [1.29, 1.82) is 0 Å². The molecule has 0 amide bonds. The Labute approximate surface area is 126 Å². The third kappa shape index (κ3) is 3.65. The lowest BCUT2D eigenvalue weighted by atomic mass is 9.95. The van der Waals surface area contributed by atoms with Gasteiger partial charge in [0, 0.05) is 10.9 Å². The van der Waals surface area contributed by atoms with Crippen molar-refractivity contribution in [3.63, 3.8) is 0 Å². The highest BCUT2D eigenvalue weighted by Crippen LogP contribution is 2.33. The number of fused-ring (bicyclic) bond motifs is 1. The Morgan fingerprint density at radius 2 is 2.05 bits per heavy atom. The molecule has 1 N–H and O–H groups in total. The predicted octanol–water partition coefficient (Wildman–Crippen LogP) is 5.36. The van der Waals surface area contributed by atoms with Gasteiger partial charge in [-0.25, -0.2) is 4.39 Å². The summed E-state index contributed by atoms with van der Waals surface area (Å²) in [7, 11) is 0. The van der Waals surface area contributed by atoms with Crippen molar-refractivity contribution in [3.05, 3.63) is 35.3 Å². The zero-order valence-electron chi connectivity index (χ0n) is 13.5. The number of hydrogen-bond donors (Lipinski definition) is 1. The van der Waals surface area contributed by atoms with E-state index in [4.69, 9.17) is 4.42 Å². The van der Waals surface area contributed by atoms with Crippen LogP contribution in [-0.4, -0.2) is 6.54 Å². The molecule has 2 atom stereocenters. The molecule has 2 unspecified atom stereocenters. The van der Waals surface area contributed by atoms with Gasteiger partial charge >= 0.3 is 0 Å². The van der Waals surface area contributed by atoms with Crippen molar-refractivity contribution in [3.8, 4) is 0 Å². The summed E-state index contributed by atoms with van der Waals surface area (Å²) in [6, 6.07) is 4.95. The maximum atomic E-state index is 13.4. The zero-order valence-corrected chi connectivity index (χ0v) is 13.5. The first kappa shape index (κ1) is 16.0. The van der Waals surface area contributed by atoms with Crippen molar-refractivity contribution in [2.24, 2.45) is 5.92 Å².